The van der Waals surface area contributed by atoms with Crippen molar-refractivity contribution in [1.29, 1.82) is 0 Å². The van der Waals surface area contributed by atoms with Crippen molar-refractivity contribution in [1.82, 2.24) is 5.32 Å². The van der Waals surface area contributed by atoms with Crippen LogP contribution in [-0.4, -0.2) is 30.2 Å². The van der Waals surface area contributed by atoms with E-state index < -0.39 is 0 Å². The zero-order valence-corrected chi connectivity index (χ0v) is 7.71. The number of hydrogen-bond acceptors (Lipinski definition) is 3. The molecule has 0 aliphatic rings. The van der Waals surface area contributed by atoms with E-state index in [1.54, 1.807) is 6.92 Å². The van der Waals surface area contributed by atoms with Crippen LogP contribution in [0.5, 0.6) is 0 Å². The second kappa shape index (κ2) is 5.97. The van der Waals surface area contributed by atoms with E-state index in [1.165, 1.54) is 0 Å². The van der Waals surface area contributed by atoms with E-state index in [0.717, 1.165) is 6.42 Å². The van der Waals surface area contributed by atoms with Gasteiger partial charge in [-0.1, -0.05) is 6.92 Å². The Labute approximate surface area is 73.1 Å². The number of nitrogens with two attached hydrogens (primary N) is 1. The standard InChI is InChI=1S/C8H18N2O2/c1-6(3-4-11)5-10-7(2)8(9)12/h6-7,10-11H,3-5H2,1-2H3,(H2,9,12). The summed E-state index contributed by atoms with van der Waals surface area (Å²) in [4.78, 5) is 10.6. The van der Waals surface area contributed by atoms with Crippen LogP contribution < -0.4 is 11.1 Å². The van der Waals surface area contributed by atoms with Crippen LogP contribution in [0.15, 0.2) is 0 Å². The van der Waals surface area contributed by atoms with Crippen LogP contribution in [0.4, 0.5) is 0 Å². The molecule has 0 aromatic carbocycles. The number of aliphatic hydroxyl groups excluding tert-OH is 1. The molecular weight excluding hydrogens is 156 g/mol. The molecular formula is C8H18N2O2. The molecule has 0 aromatic heterocycles. The molecule has 4 heteroatoms. The summed E-state index contributed by atoms with van der Waals surface area (Å²) in [6, 6.07) is -0.286. The average molecular weight is 174 g/mol. The fraction of sp³-hybridized carbons (Fsp3) is 0.875. The van der Waals surface area contributed by atoms with Gasteiger partial charge in [-0.3, -0.25) is 4.79 Å². The lowest BCUT2D eigenvalue weighted by atomic mass is 10.1. The monoisotopic (exact) mass is 174 g/mol. The molecule has 0 saturated carbocycles. The summed E-state index contributed by atoms with van der Waals surface area (Å²) in [7, 11) is 0. The van der Waals surface area contributed by atoms with Gasteiger partial charge in [0.1, 0.15) is 0 Å². The number of primary amides is 1. The molecule has 4 N–H and O–H groups in total. The lowest BCUT2D eigenvalue weighted by Gasteiger charge is -2.14. The van der Waals surface area contributed by atoms with E-state index in [2.05, 4.69) is 5.32 Å². The van der Waals surface area contributed by atoms with Gasteiger partial charge in [0.15, 0.2) is 0 Å². The summed E-state index contributed by atoms with van der Waals surface area (Å²) in [5, 5.41) is 11.6. The van der Waals surface area contributed by atoms with Crippen molar-refractivity contribution >= 4 is 5.91 Å². The Morgan fingerprint density at radius 1 is 1.58 bits per heavy atom. The van der Waals surface area contributed by atoms with Crippen molar-refractivity contribution in [3.8, 4) is 0 Å². The van der Waals surface area contributed by atoms with E-state index in [4.69, 9.17) is 10.8 Å². The van der Waals surface area contributed by atoms with Crippen LogP contribution in [0, 0.1) is 5.92 Å². The number of amides is 1. The maximum Gasteiger partial charge on any atom is 0.234 e. The molecule has 12 heavy (non-hydrogen) atoms. The minimum Gasteiger partial charge on any atom is -0.396 e. The normalized spacial score (nSPS) is 15.6. The van der Waals surface area contributed by atoms with Gasteiger partial charge in [-0.25, -0.2) is 0 Å². The van der Waals surface area contributed by atoms with Crippen molar-refractivity contribution in [3.05, 3.63) is 0 Å². The lowest BCUT2D eigenvalue weighted by molar-refractivity contribution is -0.119. The zero-order chi connectivity index (χ0) is 9.56. The number of carbonyl (C=O) groups excluding carboxylic acids is 1. The fourth-order valence-corrected chi connectivity index (χ4v) is 0.801. The molecule has 72 valence electrons. The first-order valence-corrected chi connectivity index (χ1v) is 4.21. The molecule has 0 spiro atoms. The molecule has 2 unspecified atom stereocenters. The van der Waals surface area contributed by atoms with Gasteiger partial charge in [-0.05, 0) is 25.8 Å². The van der Waals surface area contributed by atoms with Crippen LogP contribution in [0.3, 0.4) is 0 Å². The Kier molecular flexibility index (Phi) is 5.66. The first-order valence-electron chi connectivity index (χ1n) is 4.21. The summed E-state index contributed by atoms with van der Waals surface area (Å²) in [5.74, 6) is 0.0306. The molecule has 0 aliphatic heterocycles. The third-order valence-electron chi connectivity index (χ3n) is 1.82. The third-order valence-corrected chi connectivity index (χ3v) is 1.82. The summed E-state index contributed by atoms with van der Waals surface area (Å²) in [6.45, 7) is 4.64. The molecule has 1 amide bonds. The van der Waals surface area contributed by atoms with Crippen molar-refractivity contribution < 1.29 is 9.90 Å². The van der Waals surface area contributed by atoms with Crippen molar-refractivity contribution in [3.63, 3.8) is 0 Å². The number of carbonyl (C=O) groups is 1. The van der Waals surface area contributed by atoms with Crippen molar-refractivity contribution in [2.24, 2.45) is 11.7 Å². The number of aliphatic hydroxyl groups is 1. The number of nitrogens with one attached hydrogen (secondary N) is 1. The molecule has 4 nitrogen and oxygen atoms in total. The van der Waals surface area contributed by atoms with E-state index in [-0.39, 0.29) is 18.6 Å². The van der Waals surface area contributed by atoms with Crippen molar-refractivity contribution in [2.45, 2.75) is 26.3 Å². The average Bonchev–Trinajstić information content (AvgIpc) is 2.00. The maximum absolute atomic E-state index is 10.6. The van der Waals surface area contributed by atoms with Gasteiger partial charge < -0.3 is 16.2 Å². The van der Waals surface area contributed by atoms with Gasteiger partial charge in [0.2, 0.25) is 5.91 Å². The zero-order valence-electron chi connectivity index (χ0n) is 7.71. The molecule has 0 saturated heterocycles. The van der Waals surface area contributed by atoms with Crippen LogP contribution in [-0.2, 0) is 4.79 Å². The number of hydrogen-bond donors (Lipinski definition) is 3. The molecule has 0 bridgehead atoms. The van der Waals surface area contributed by atoms with E-state index >= 15 is 0 Å². The SMILES string of the molecule is CC(CCO)CNC(C)C(N)=O. The van der Waals surface area contributed by atoms with E-state index in [0.29, 0.717) is 12.5 Å². The molecule has 0 fully saturated rings. The van der Waals surface area contributed by atoms with Crippen LogP contribution in [0.1, 0.15) is 20.3 Å². The van der Waals surface area contributed by atoms with Gasteiger partial charge in [-0.15, -0.1) is 0 Å². The molecule has 0 heterocycles. The van der Waals surface area contributed by atoms with Crippen LogP contribution >= 0.6 is 0 Å². The minimum atomic E-state index is -0.341. The summed E-state index contributed by atoms with van der Waals surface area (Å²) in [6.07, 6.45) is 0.748. The Balaban J connectivity index is 3.46. The molecule has 2 atom stereocenters. The summed E-state index contributed by atoms with van der Waals surface area (Å²) < 4.78 is 0. The highest BCUT2D eigenvalue weighted by Crippen LogP contribution is 1.98. The van der Waals surface area contributed by atoms with Crippen LogP contribution in [0.2, 0.25) is 0 Å². The van der Waals surface area contributed by atoms with Gasteiger partial charge in [0.05, 0.1) is 6.04 Å². The van der Waals surface area contributed by atoms with E-state index in [9.17, 15) is 4.79 Å². The Morgan fingerprint density at radius 3 is 2.58 bits per heavy atom. The van der Waals surface area contributed by atoms with Crippen molar-refractivity contribution in [2.75, 3.05) is 13.2 Å². The number of rotatable bonds is 6. The fourth-order valence-electron chi connectivity index (χ4n) is 0.801. The van der Waals surface area contributed by atoms with E-state index in [1.807, 2.05) is 6.92 Å². The highest BCUT2D eigenvalue weighted by Gasteiger charge is 2.08. The smallest absolute Gasteiger partial charge is 0.234 e. The van der Waals surface area contributed by atoms with Gasteiger partial charge in [-0.2, -0.15) is 0 Å². The maximum atomic E-state index is 10.6. The molecule has 0 radical (unpaired) electrons. The van der Waals surface area contributed by atoms with Gasteiger partial charge >= 0.3 is 0 Å². The summed E-state index contributed by atoms with van der Waals surface area (Å²) in [5.41, 5.74) is 5.05. The second-order valence-electron chi connectivity index (χ2n) is 3.15. The highest BCUT2D eigenvalue weighted by atomic mass is 16.3. The van der Waals surface area contributed by atoms with Gasteiger partial charge in [0.25, 0.3) is 0 Å². The first-order chi connectivity index (χ1) is 5.57. The van der Waals surface area contributed by atoms with Gasteiger partial charge in [0, 0.05) is 6.61 Å². The minimum absolute atomic E-state index is 0.188. The molecule has 0 aromatic rings. The molecule has 0 aliphatic carbocycles. The second-order valence-corrected chi connectivity index (χ2v) is 3.15. The predicted molar refractivity (Wildman–Crippen MR) is 47.5 cm³/mol. The Hall–Kier alpha value is -0.610. The molecule has 0 rings (SSSR count). The Morgan fingerprint density at radius 2 is 2.17 bits per heavy atom. The van der Waals surface area contributed by atoms with Crippen LogP contribution in [0.25, 0.3) is 0 Å². The quantitative estimate of drug-likeness (QED) is 0.506. The Bertz CT molecular complexity index is 139. The highest BCUT2D eigenvalue weighted by molar-refractivity contribution is 5.79. The first kappa shape index (κ1) is 11.4. The third kappa shape index (κ3) is 5.09. The summed E-state index contributed by atoms with van der Waals surface area (Å²) >= 11 is 0. The predicted octanol–water partition coefficient (Wildman–Crippen LogP) is -0.532. The topological polar surface area (TPSA) is 75.3 Å². The largest absolute Gasteiger partial charge is 0.396 e. The lowest BCUT2D eigenvalue weighted by Crippen LogP contribution is -2.40.